The number of ether oxygens (including phenoxy) is 3. The van der Waals surface area contributed by atoms with Crippen molar-refractivity contribution in [2.75, 3.05) is 27.3 Å². The average molecular weight is 380 g/mol. The molecule has 0 amide bonds. The lowest BCUT2D eigenvalue weighted by Crippen LogP contribution is -2.41. The SMILES string of the molecule is COC(=O)c1cc(S(=O)(=O)N(C)C[C@@H]2COc3ccccc3O2)cn1C. The van der Waals surface area contributed by atoms with Crippen LogP contribution in [0.5, 0.6) is 11.5 Å². The monoisotopic (exact) mass is 380 g/mol. The number of esters is 1. The number of benzene rings is 1. The van der Waals surface area contributed by atoms with E-state index >= 15 is 0 Å². The van der Waals surface area contributed by atoms with Gasteiger partial charge in [0.25, 0.3) is 0 Å². The van der Waals surface area contributed by atoms with Crippen LogP contribution in [0.1, 0.15) is 10.5 Å². The predicted octanol–water partition coefficient (Wildman–Crippen LogP) is 1.27. The maximum absolute atomic E-state index is 12.8. The summed E-state index contributed by atoms with van der Waals surface area (Å²) in [7, 11) is 0.500. The molecule has 3 rings (SSSR count). The number of likely N-dealkylation sites (N-methyl/N-ethyl adjacent to an activating group) is 1. The Morgan fingerprint density at radius 1 is 1.35 bits per heavy atom. The van der Waals surface area contributed by atoms with Gasteiger partial charge in [-0.15, -0.1) is 0 Å². The van der Waals surface area contributed by atoms with Crippen LogP contribution in [0.2, 0.25) is 0 Å². The van der Waals surface area contributed by atoms with E-state index in [9.17, 15) is 13.2 Å². The molecule has 1 aromatic heterocycles. The number of methoxy groups -OCH3 is 1. The molecule has 0 N–H and O–H groups in total. The van der Waals surface area contributed by atoms with Crippen molar-refractivity contribution in [1.29, 1.82) is 0 Å². The highest BCUT2D eigenvalue weighted by Crippen LogP contribution is 2.31. The molecule has 1 atom stereocenters. The van der Waals surface area contributed by atoms with Gasteiger partial charge in [0.1, 0.15) is 23.3 Å². The number of aromatic nitrogens is 1. The Morgan fingerprint density at radius 2 is 2.04 bits per heavy atom. The molecule has 2 aromatic rings. The van der Waals surface area contributed by atoms with Gasteiger partial charge in [0.2, 0.25) is 10.0 Å². The second-order valence-corrected chi connectivity index (χ2v) is 7.99. The zero-order valence-corrected chi connectivity index (χ0v) is 15.5. The van der Waals surface area contributed by atoms with Crippen molar-refractivity contribution in [3.05, 3.63) is 42.2 Å². The van der Waals surface area contributed by atoms with Crippen molar-refractivity contribution in [2.24, 2.45) is 7.05 Å². The Kier molecular flexibility index (Phi) is 4.92. The van der Waals surface area contributed by atoms with E-state index in [1.807, 2.05) is 12.1 Å². The van der Waals surface area contributed by atoms with Crippen LogP contribution in [0.3, 0.4) is 0 Å². The number of fused-ring (bicyclic) bond motifs is 1. The maximum atomic E-state index is 12.8. The van der Waals surface area contributed by atoms with Crippen molar-refractivity contribution in [2.45, 2.75) is 11.0 Å². The summed E-state index contributed by atoms with van der Waals surface area (Å²) in [5.41, 5.74) is 0.158. The van der Waals surface area contributed by atoms with Crippen molar-refractivity contribution in [3.63, 3.8) is 0 Å². The smallest absolute Gasteiger partial charge is 0.354 e. The Labute approximate surface area is 151 Å². The van der Waals surface area contributed by atoms with E-state index in [1.165, 1.54) is 35.3 Å². The number of hydrogen-bond donors (Lipinski definition) is 0. The van der Waals surface area contributed by atoms with E-state index in [-0.39, 0.29) is 23.7 Å². The first-order valence-corrected chi connectivity index (χ1v) is 9.36. The van der Waals surface area contributed by atoms with E-state index in [0.717, 1.165) is 0 Å². The molecule has 0 saturated carbocycles. The summed E-state index contributed by atoms with van der Waals surface area (Å²) in [4.78, 5) is 11.7. The molecule has 0 bridgehead atoms. The van der Waals surface area contributed by atoms with Gasteiger partial charge in [0.15, 0.2) is 11.5 Å². The van der Waals surface area contributed by atoms with Gasteiger partial charge < -0.3 is 18.8 Å². The van der Waals surface area contributed by atoms with Crippen molar-refractivity contribution in [1.82, 2.24) is 8.87 Å². The molecule has 0 fully saturated rings. The van der Waals surface area contributed by atoms with E-state index in [4.69, 9.17) is 9.47 Å². The van der Waals surface area contributed by atoms with Gasteiger partial charge in [0, 0.05) is 20.3 Å². The molecule has 140 valence electrons. The minimum Gasteiger partial charge on any atom is -0.486 e. The summed E-state index contributed by atoms with van der Waals surface area (Å²) < 4.78 is 44.3. The summed E-state index contributed by atoms with van der Waals surface area (Å²) in [5.74, 6) is 0.625. The van der Waals surface area contributed by atoms with Gasteiger partial charge in [-0.3, -0.25) is 0 Å². The largest absolute Gasteiger partial charge is 0.486 e. The second kappa shape index (κ2) is 7.00. The van der Waals surface area contributed by atoms with Crippen LogP contribution in [-0.4, -0.2) is 56.7 Å². The van der Waals surface area contributed by atoms with Crippen molar-refractivity contribution in [3.8, 4) is 11.5 Å². The van der Waals surface area contributed by atoms with Gasteiger partial charge in [-0.2, -0.15) is 4.31 Å². The maximum Gasteiger partial charge on any atom is 0.354 e. The lowest BCUT2D eigenvalue weighted by molar-refractivity contribution is 0.0590. The van der Waals surface area contributed by atoms with E-state index in [2.05, 4.69) is 4.74 Å². The Hall–Kier alpha value is -2.52. The van der Waals surface area contributed by atoms with E-state index in [0.29, 0.717) is 11.5 Å². The molecule has 0 radical (unpaired) electrons. The van der Waals surface area contributed by atoms with Crippen LogP contribution >= 0.6 is 0 Å². The lowest BCUT2D eigenvalue weighted by Gasteiger charge is -2.29. The fourth-order valence-electron chi connectivity index (χ4n) is 2.70. The Balaban J connectivity index is 1.75. The van der Waals surface area contributed by atoms with Gasteiger partial charge in [-0.05, 0) is 18.2 Å². The second-order valence-electron chi connectivity index (χ2n) is 5.95. The van der Waals surface area contributed by atoms with Gasteiger partial charge in [-0.1, -0.05) is 12.1 Å². The van der Waals surface area contributed by atoms with Crippen LogP contribution in [0.15, 0.2) is 41.4 Å². The zero-order chi connectivity index (χ0) is 18.9. The number of sulfonamides is 1. The molecular weight excluding hydrogens is 360 g/mol. The van der Waals surface area contributed by atoms with Crippen molar-refractivity contribution < 1.29 is 27.4 Å². The first-order valence-electron chi connectivity index (χ1n) is 7.92. The molecule has 1 aliphatic rings. The van der Waals surface area contributed by atoms with Crippen LogP contribution in [0, 0.1) is 0 Å². The van der Waals surface area contributed by atoms with E-state index < -0.39 is 22.1 Å². The predicted molar refractivity (Wildman–Crippen MR) is 92.9 cm³/mol. The number of aryl methyl sites for hydroxylation is 1. The highest BCUT2D eigenvalue weighted by atomic mass is 32.2. The molecule has 26 heavy (non-hydrogen) atoms. The number of carbonyl (C=O) groups excluding carboxylic acids is 1. The topological polar surface area (TPSA) is 87.1 Å². The highest BCUT2D eigenvalue weighted by Gasteiger charge is 2.29. The molecule has 9 heteroatoms. The van der Waals surface area contributed by atoms with E-state index in [1.54, 1.807) is 19.2 Å². The highest BCUT2D eigenvalue weighted by molar-refractivity contribution is 7.89. The van der Waals surface area contributed by atoms with Crippen molar-refractivity contribution >= 4 is 16.0 Å². The normalized spacial score (nSPS) is 16.5. The Morgan fingerprint density at radius 3 is 2.73 bits per heavy atom. The quantitative estimate of drug-likeness (QED) is 0.726. The molecule has 0 aliphatic carbocycles. The van der Waals surface area contributed by atoms with Gasteiger partial charge in [-0.25, -0.2) is 13.2 Å². The first-order chi connectivity index (χ1) is 12.3. The molecule has 2 heterocycles. The number of carbonyl (C=O) groups is 1. The zero-order valence-electron chi connectivity index (χ0n) is 14.7. The van der Waals surface area contributed by atoms with Gasteiger partial charge >= 0.3 is 5.97 Å². The van der Waals surface area contributed by atoms with Crippen LogP contribution in [0.4, 0.5) is 0 Å². The molecular formula is C17H20N2O6S. The number of nitrogens with zero attached hydrogens (tertiary/aromatic N) is 2. The standard InChI is InChI=1S/C17H20N2O6S/c1-18-10-13(8-14(18)17(20)23-3)26(21,22)19(2)9-12-11-24-15-6-4-5-7-16(15)25-12/h4-8,10,12H,9,11H2,1-3H3/t12-/m1/s1. The molecule has 8 nitrogen and oxygen atoms in total. The summed E-state index contributed by atoms with van der Waals surface area (Å²) in [5, 5.41) is 0. The van der Waals surface area contributed by atoms with Crippen LogP contribution in [-0.2, 0) is 21.8 Å². The third-order valence-corrected chi connectivity index (χ3v) is 5.90. The third kappa shape index (κ3) is 3.40. The first kappa shape index (κ1) is 18.3. The Bertz CT molecular complexity index is 921. The third-order valence-electron chi connectivity index (χ3n) is 4.11. The average Bonchev–Trinajstić information content (AvgIpc) is 3.03. The summed E-state index contributed by atoms with van der Waals surface area (Å²) in [6.07, 6.45) is 0.944. The minimum absolute atomic E-state index is 0.0139. The van der Waals surface area contributed by atoms with Gasteiger partial charge in [0.05, 0.1) is 13.7 Å². The number of hydrogen-bond acceptors (Lipinski definition) is 6. The summed E-state index contributed by atoms with van der Waals surface area (Å²) in [6, 6.07) is 8.53. The van der Waals surface area contributed by atoms with Crippen LogP contribution < -0.4 is 9.47 Å². The lowest BCUT2D eigenvalue weighted by atomic mass is 10.2. The number of rotatable bonds is 5. The fourth-order valence-corrected chi connectivity index (χ4v) is 3.97. The molecule has 1 aromatic carbocycles. The molecule has 0 saturated heterocycles. The van der Waals surface area contributed by atoms with Crippen LogP contribution in [0.25, 0.3) is 0 Å². The summed E-state index contributed by atoms with van der Waals surface area (Å²) >= 11 is 0. The minimum atomic E-state index is -3.79. The molecule has 0 unspecified atom stereocenters. The fraction of sp³-hybridized carbons (Fsp3) is 0.353. The molecule has 0 spiro atoms. The number of para-hydroxylation sites is 2. The summed E-state index contributed by atoms with van der Waals surface area (Å²) in [6.45, 7) is 0.359. The molecule has 1 aliphatic heterocycles.